The van der Waals surface area contributed by atoms with Crippen molar-refractivity contribution >= 4 is 16.9 Å². The second kappa shape index (κ2) is 8.48. The molecule has 28 heavy (non-hydrogen) atoms. The Morgan fingerprint density at radius 2 is 1.96 bits per heavy atom. The summed E-state index contributed by atoms with van der Waals surface area (Å²) in [4.78, 5) is 14.2. The largest absolute Gasteiger partial charge is 0.497 e. The monoisotopic (exact) mass is 379 g/mol. The lowest BCUT2D eigenvalue weighted by Gasteiger charge is -2.25. The SMILES string of the molecule is COc1ccc2c(CC(=O)NC[C@@H](c3ccccc3)[NH+]3CCCC3)coc2c1. The molecule has 1 aliphatic heterocycles. The van der Waals surface area contributed by atoms with Crippen LogP contribution in [0.4, 0.5) is 0 Å². The minimum absolute atomic E-state index is 0.0260. The van der Waals surface area contributed by atoms with Crippen molar-refractivity contribution in [3.05, 3.63) is 65.9 Å². The van der Waals surface area contributed by atoms with E-state index in [-0.39, 0.29) is 5.91 Å². The Bertz CT molecular complexity index is 929. The van der Waals surface area contributed by atoms with Gasteiger partial charge in [-0.25, -0.2) is 0 Å². The number of hydrogen-bond acceptors (Lipinski definition) is 3. The van der Waals surface area contributed by atoms with E-state index < -0.39 is 0 Å². The molecule has 1 aliphatic rings. The fourth-order valence-electron chi connectivity index (χ4n) is 4.14. The van der Waals surface area contributed by atoms with Gasteiger partial charge >= 0.3 is 0 Å². The summed E-state index contributed by atoms with van der Waals surface area (Å²) in [5.74, 6) is 0.773. The Kier molecular flexibility index (Phi) is 5.63. The maximum absolute atomic E-state index is 12.6. The molecule has 5 heteroatoms. The minimum atomic E-state index is 0.0260. The predicted molar refractivity (Wildman–Crippen MR) is 109 cm³/mol. The van der Waals surface area contributed by atoms with Crippen LogP contribution in [0, 0.1) is 0 Å². The Balaban J connectivity index is 1.42. The summed E-state index contributed by atoms with van der Waals surface area (Å²) in [5.41, 5.74) is 2.94. The zero-order chi connectivity index (χ0) is 19.3. The third-order valence-corrected chi connectivity index (χ3v) is 5.66. The van der Waals surface area contributed by atoms with E-state index in [0.29, 0.717) is 19.0 Å². The van der Waals surface area contributed by atoms with Gasteiger partial charge in [0.2, 0.25) is 5.91 Å². The first kappa shape index (κ1) is 18.6. The normalized spacial score (nSPS) is 15.6. The summed E-state index contributed by atoms with van der Waals surface area (Å²) in [6.45, 7) is 3.00. The van der Waals surface area contributed by atoms with E-state index in [1.165, 1.54) is 31.5 Å². The molecular formula is C23H27N2O3+. The molecule has 1 aromatic heterocycles. The molecule has 0 spiro atoms. The van der Waals surface area contributed by atoms with Crippen LogP contribution in [0.25, 0.3) is 11.0 Å². The molecule has 0 radical (unpaired) electrons. The number of amides is 1. The summed E-state index contributed by atoms with van der Waals surface area (Å²) >= 11 is 0. The van der Waals surface area contributed by atoms with Gasteiger partial charge in [0.15, 0.2) is 0 Å². The number of carbonyl (C=O) groups is 1. The zero-order valence-corrected chi connectivity index (χ0v) is 16.2. The summed E-state index contributed by atoms with van der Waals surface area (Å²) in [6, 6.07) is 16.5. The van der Waals surface area contributed by atoms with Gasteiger partial charge in [0.05, 0.1) is 39.4 Å². The van der Waals surface area contributed by atoms with Gasteiger partial charge < -0.3 is 19.4 Å². The van der Waals surface area contributed by atoms with Crippen LogP contribution in [-0.2, 0) is 11.2 Å². The maximum Gasteiger partial charge on any atom is 0.224 e. The van der Waals surface area contributed by atoms with Crippen LogP contribution in [-0.4, -0.2) is 32.7 Å². The second-order valence-corrected chi connectivity index (χ2v) is 7.43. The fourth-order valence-corrected chi connectivity index (χ4v) is 4.14. The Labute approximate surface area is 165 Å². The average Bonchev–Trinajstić information content (AvgIpc) is 3.39. The van der Waals surface area contributed by atoms with Crippen LogP contribution < -0.4 is 15.0 Å². The number of likely N-dealkylation sites (tertiary alicyclic amines) is 1. The summed E-state index contributed by atoms with van der Waals surface area (Å²) in [5, 5.41) is 4.12. The summed E-state index contributed by atoms with van der Waals surface area (Å²) in [6.07, 6.45) is 4.51. The van der Waals surface area contributed by atoms with Crippen molar-refractivity contribution < 1.29 is 18.8 Å². The molecule has 0 saturated carbocycles. The highest BCUT2D eigenvalue weighted by Gasteiger charge is 2.27. The Morgan fingerprint density at radius 3 is 2.71 bits per heavy atom. The van der Waals surface area contributed by atoms with Crippen LogP contribution in [0.15, 0.2) is 59.2 Å². The van der Waals surface area contributed by atoms with E-state index in [1.54, 1.807) is 18.3 Å². The molecule has 4 rings (SSSR count). The highest BCUT2D eigenvalue weighted by atomic mass is 16.5. The van der Waals surface area contributed by atoms with Gasteiger partial charge in [0.25, 0.3) is 0 Å². The van der Waals surface area contributed by atoms with Gasteiger partial charge in [-0.2, -0.15) is 0 Å². The molecule has 1 amide bonds. The summed E-state index contributed by atoms with van der Waals surface area (Å²) < 4.78 is 10.8. The average molecular weight is 379 g/mol. The number of furan rings is 1. The molecule has 1 fully saturated rings. The lowest BCUT2D eigenvalue weighted by molar-refractivity contribution is -0.918. The Morgan fingerprint density at radius 1 is 1.18 bits per heavy atom. The molecular weight excluding hydrogens is 352 g/mol. The number of fused-ring (bicyclic) bond motifs is 1. The third-order valence-electron chi connectivity index (χ3n) is 5.66. The van der Waals surface area contributed by atoms with E-state index >= 15 is 0 Å². The molecule has 0 aliphatic carbocycles. The van der Waals surface area contributed by atoms with Crippen molar-refractivity contribution in [1.29, 1.82) is 0 Å². The molecule has 2 N–H and O–H groups in total. The van der Waals surface area contributed by atoms with Crippen LogP contribution in [0.3, 0.4) is 0 Å². The fraction of sp³-hybridized carbons (Fsp3) is 0.348. The molecule has 2 aromatic carbocycles. The molecule has 1 saturated heterocycles. The quantitative estimate of drug-likeness (QED) is 0.663. The number of ether oxygens (including phenoxy) is 1. The van der Waals surface area contributed by atoms with Crippen LogP contribution in [0.2, 0.25) is 0 Å². The molecule has 0 unspecified atom stereocenters. The van der Waals surface area contributed by atoms with E-state index in [9.17, 15) is 4.79 Å². The topological polar surface area (TPSA) is 55.9 Å². The summed E-state index contributed by atoms with van der Waals surface area (Å²) in [7, 11) is 1.63. The maximum atomic E-state index is 12.6. The number of carbonyl (C=O) groups excluding carboxylic acids is 1. The standard InChI is InChI=1S/C23H26N2O3/c1-27-19-9-10-20-18(16-28-22(20)14-19)13-23(26)24-15-21(25-11-5-6-12-25)17-7-3-2-4-8-17/h2-4,7-10,14,16,21H,5-6,11-13,15H2,1H3,(H,24,26)/p+1/t21-/m0/s1. The lowest BCUT2D eigenvalue weighted by atomic mass is 10.1. The van der Waals surface area contributed by atoms with Crippen LogP contribution >= 0.6 is 0 Å². The number of quaternary nitrogens is 1. The predicted octanol–water partition coefficient (Wildman–Crippen LogP) is 2.52. The van der Waals surface area contributed by atoms with Gasteiger partial charge in [0, 0.05) is 35.4 Å². The van der Waals surface area contributed by atoms with Gasteiger partial charge in [-0.15, -0.1) is 0 Å². The zero-order valence-electron chi connectivity index (χ0n) is 16.2. The van der Waals surface area contributed by atoms with E-state index in [0.717, 1.165) is 22.3 Å². The number of rotatable bonds is 7. The highest BCUT2D eigenvalue weighted by molar-refractivity contribution is 5.88. The smallest absolute Gasteiger partial charge is 0.224 e. The van der Waals surface area contributed by atoms with Gasteiger partial charge in [-0.05, 0) is 12.1 Å². The first-order valence-electron chi connectivity index (χ1n) is 9.95. The molecule has 1 atom stereocenters. The van der Waals surface area contributed by atoms with Crippen molar-refractivity contribution in [2.24, 2.45) is 0 Å². The molecule has 5 nitrogen and oxygen atoms in total. The molecule has 146 valence electrons. The van der Waals surface area contributed by atoms with Crippen molar-refractivity contribution in [3.63, 3.8) is 0 Å². The molecule has 3 aromatic rings. The third kappa shape index (κ3) is 4.04. The number of nitrogens with one attached hydrogen (secondary N) is 2. The van der Waals surface area contributed by atoms with Crippen molar-refractivity contribution in [3.8, 4) is 5.75 Å². The highest BCUT2D eigenvalue weighted by Crippen LogP contribution is 2.25. The van der Waals surface area contributed by atoms with Gasteiger partial charge in [0.1, 0.15) is 17.4 Å². The number of benzene rings is 2. The van der Waals surface area contributed by atoms with Crippen molar-refractivity contribution in [2.75, 3.05) is 26.7 Å². The van der Waals surface area contributed by atoms with Crippen LogP contribution in [0.5, 0.6) is 5.75 Å². The molecule has 0 bridgehead atoms. The first-order chi connectivity index (χ1) is 13.7. The van der Waals surface area contributed by atoms with Crippen molar-refractivity contribution in [1.82, 2.24) is 5.32 Å². The Hall–Kier alpha value is -2.79. The van der Waals surface area contributed by atoms with E-state index in [4.69, 9.17) is 9.15 Å². The minimum Gasteiger partial charge on any atom is -0.497 e. The number of hydrogen-bond donors (Lipinski definition) is 2. The van der Waals surface area contributed by atoms with Gasteiger partial charge in [-0.3, -0.25) is 4.79 Å². The lowest BCUT2D eigenvalue weighted by Crippen LogP contribution is -3.11. The number of methoxy groups -OCH3 is 1. The van der Waals surface area contributed by atoms with E-state index in [1.807, 2.05) is 24.3 Å². The molecule has 2 heterocycles. The first-order valence-corrected chi connectivity index (χ1v) is 9.95. The van der Waals surface area contributed by atoms with Crippen molar-refractivity contribution in [2.45, 2.75) is 25.3 Å². The second-order valence-electron chi connectivity index (χ2n) is 7.43. The van der Waals surface area contributed by atoms with Crippen LogP contribution in [0.1, 0.15) is 30.0 Å². The van der Waals surface area contributed by atoms with E-state index in [2.05, 4.69) is 29.6 Å². The van der Waals surface area contributed by atoms with Gasteiger partial charge in [-0.1, -0.05) is 30.3 Å².